The second kappa shape index (κ2) is 5.90. The number of fused-ring (bicyclic) bond motifs is 2. The standard InChI is InChI=1S/C18H16N4O2/c23-9-8-21-11-14(19-20-21)12-22-16-5-2-1-4-13(16)10-15-17(22)6-3-7-18(15)24/h1-7,10-11,23H,8-9,12H2. The fraction of sp³-hybridized carbons (Fsp3) is 0.167. The predicted molar refractivity (Wildman–Crippen MR) is 91.0 cm³/mol. The van der Waals surface area contributed by atoms with Gasteiger partial charge in [-0.1, -0.05) is 29.5 Å². The van der Waals surface area contributed by atoms with Crippen LogP contribution in [0.4, 0.5) is 0 Å². The smallest absolute Gasteiger partial charge is 0.187 e. The summed E-state index contributed by atoms with van der Waals surface area (Å²) in [5.41, 5.74) is 3.39. The quantitative estimate of drug-likeness (QED) is 0.581. The zero-order chi connectivity index (χ0) is 16.5. The van der Waals surface area contributed by atoms with Crippen molar-refractivity contribution in [3.05, 3.63) is 70.6 Å². The molecule has 1 N–H and O–H groups in total. The van der Waals surface area contributed by atoms with Crippen LogP contribution in [-0.2, 0) is 13.1 Å². The van der Waals surface area contributed by atoms with Crippen LogP contribution >= 0.6 is 0 Å². The largest absolute Gasteiger partial charge is 0.394 e. The second-order valence-corrected chi connectivity index (χ2v) is 5.67. The minimum absolute atomic E-state index is 0.0101. The van der Waals surface area contributed by atoms with E-state index < -0.39 is 0 Å². The van der Waals surface area contributed by atoms with E-state index in [4.69, 9.17) is 5.11 Å². The molecule has 0 saturated carbocycles. The number of aliphatic hydroxyl groups excluding tert-OH is 1. The Morgan fingerprint density at radius 2 is 1.96 bits per heavy atom. The highest BCUT2D eigenvalue weighted by Crippen LogP contribution is 2.26. The molecule has 0 atom stereocenters. The predicted octanol–water partition coefficient (Wildman–Crippen LogP) is 1.74. The molecular weight excluding hydrogens is 304 g/mol. The van der Waals surface area contributed by atoms with Crippen LogP contribution in [0.2, 0.25) is 0 Å². The molecule has 0 spiro atoms. The molecule has 1 aromatic carbocycles. The lowest BCUT2D eigenvalue weighted by atomic mass is 10.0. The number of hydrogen-bond acceptors (Lipinski definition) is 4. The molecule has 1 aliphatic heterocycles. The summed E-state index contributed by atoms with van der Waals surface area (Å²) in [5, 5.41) is 18.2. The van der Waals surface area contributed by atoms with Crippen LogP contribution in [0, 0.1) is 0 Å². The first-order valence-electron chi connectivity index (χ1n) is 7.77. The van der Waals surface area contributed by atoms with Gasteiger partial charge in [0.05, 0.1) is 31.6 Å². The third-order valence-electron chi connectivity index (χ3n) is 4.10. The maximum absolute atomic E-state index is 12.2. The second-order valence-electron chi connectivity index (χ2n) is 5.67. The molecule has 0 amide bonds. The Morgan fingerprint density at radius 1 is 1.08 bits per heavy atom. The Morgan fingerprint density at radius 3 is 2.83 bits per heavy atom. The van der Waals surface area contributed by atoms with Gasteiger partial charge in [-0.3, -0.25) is 4.79 Å². The van der Waals surface area contributed by atoms with Crippen molar-refractivity contribution in [1.29, 1.82) is 0 Å². The van der Waals surface area contributed by atoms with E-state index in [2.05, 4.69) is 14.9 Å². The molecule has 0 radical (unpaired) electrons. The number of rotatable bonds is 4. The van der Waals surface area contributed by atoms with E-state index in [0.717, 1.165) is 22.3 Å². The van der Waals surface area contributed by atoms with E-state index in [1.807, 2.05) is 42.6 Å². The van der Waals surface area contributed by atoms with Gasteiger partial charge in [-0.15, -0.1) is 5.10 Å². The average Bonchev–Trinajstić information content (AvgIpc) is 3.03. The highest BCUT2D eigenvalue weighted by Gasteiger charge is 2.14. The molecule has 1 aliphatic carbocycles. The van der Waals surface area contributed by atoms with Crippen molar-refractivity contribution >= 4 is 10.9 Å². The molecule has 0 saturated heterocycles. The highest BCUT2D eigenvalue weighted by atomic mass is 16.3. The molecule has 1 aromatic heterocycles. The van der Waals surface area contributed by atoms with E-state index in [9.17, 15) is 4.79 Å². The number of aromatic nitrogens is 4. The summed E-state index contributed by atoms with van der Waals surface area (Å²) in [4.78, 5) is 12.2. The molecule has 4 rings (SSSR count). The van der Waals surface area contributed by atoms with E-state index in [1.54, 1.807) is 16.8 Å². The fourth-order valence-electron chi connectivity index (χ4n) is 3.01. The Kier molecular flexibility index (Phi) is 3.59. The molecule has 24 heavy (non-hydrogen) atoms. The maximum atomic E-state index is 12.2. The Balaban J connectivity index is 1.90. The van der Waals surface area contributed by atoms with E-state index in [1.165, 1.54) is 0 Å². The lowest BCUT2D eigenvalue weighted by Crippen LogP contribution is -2.13. The van der Waals surface area contributed by atoms with Crippen LogP contribution in [0.3, 0.4) is 0 Å². The summed E-state index contributed by atoms with van der Waals surface area (Å²) in [7, 11) is 0. The number of para-hydroxylation sites is 1. The van der Waals surface area contributed by atoms with Crippen molar-refractivity contribution in [2.75, 3.05) is 6.61 Å². The Bertz CT molecular complexity index is 1030. The van der Waals surface area contributed by atoms with Crippen molar-refractivity contribution in [1.82, 2.24) is 19.6 Å². The number of benzene rings is 2. The normalized spacial score (nSPS) is 11.4. The molecule has 0 bridgehead atoms. The number of aliphatic hydroxyl groups is 1. The van der Waals surface area contributed by atoms with Gasteiger partial charge in [-0.25, -0.2) is 4.68 Å². The van der Waals surface area contributed by atoms with Crippen molar-refractivity contribution < 1.29 is 5.11 Å². The van der Waals surface area contributed by atoms with Crippen molar-refractivity contribution in [3.63, 3.8) is 0 Å². The first-order valence-corrected chi connectivity index (χ1v) is 7.77. The molecule has 2 aliphatic rings. The number of nitrogens with zero attached hydrogens (tertiary/aromatic N) is 4. The molecule has 6 heteroatoms. The maximum Gasteiger partial charge on any atom is 0.187 e. The lowest BCUT2D eigenvalue weighted by molar-refractivity contribution is 0.268. The number of pyridine rings is 1. The van der Waals surface area contributed by atoms with Crippen LogP contribution in [0.15, 0.2) is 59.5 Å². The monoisotopic (exact) mass is 320 g/mol. The molecule has 2 aromatic rings. The average molecular weight is 320 g/mol. The minimum Gasteiger partial charge on any atom is -0.394 e. The van der Waals surface area contributed by atoms with Crippen LogP contribution in [0.5, 0.6) is 0 Å². The van der Waals surface area contributed by atoms with Gasteiger partial charge in [0.15, 0.2) is 5.43 Å². The SMILES string of the molecule is O=c1cccc2n(Cc3cn(CCO)nn3)c3ccccc3cc1-2. The molecule has 2 heterocycles. The van der Waals surface area contributed by atoms with Gasteiger partial charge >= 0.3 is 0 Å². The Hall–Kier alpha value is -2.99. The van der Waals surface area contributed by atoms with E-state index in [-0.39, 0.29) is 12.0 Å². The zero-order valence-electron chi connectivity index (χ0n) is 13.0. The van der Waals surface area contributed by atoms with Gasteiger partial charge < -0.3 is 9.67 Å². The van der Waals surface area contributed by atoms with Crippen LogP contribution in [-0.4, -0.2) is 31.3 Å². The topological polar surface area (TPSA) is 72.9 Å². The summed E-state index contributed by atoms with van der Waals surface area (Å²) in [6.45, 7) is 0.943. The van der Waals surface area contributed by atoms with Gasteiger partial charge in [0.1, 0.15) is 5.69 Å². The van der Waals surface area contributed by atoms with Gasteiger partial charge in [0.25, 0.3) is 0 Å². The molecule has 6 nitrogen and oxygen atoms in total. The minimum atomic E-state index is 0.0101. The summed E-state index contributed by atoms with van der Waals surface area (Å²) < 4.78 is 3.70. The molecular formula is C18H16N4O2. The third kappa shape index (κ3) is 2.47. The van der Waals surface area contributed by atoms with Gasteiger partial charge in [0.2, 0.25) is 0 Å². The van der Waals surface area contributed by atoms with Crippen LogP contribution < -0.4 is 5.43 Å². The molecule has 120 valence electrons. The Labute approximate surface area is 137 Å². The van der Waals surface area contributed by atoms with Crippen molar-refractivity contribution in [3.8, 4) is 11.3 Å². The van der Waals surface area contributed by atoms with E-state index in [0.29, 0.717) is 18.7 Å². The number of hydrogen-bond donors (Lipinski definition) is 1. The van der Waals surface area contributed by atoms with E-state index >= 15 is 0 Å². The summed E-state index contributed by atoms with van der Waals surface area (Å²) >= 11 is 0. The van der Waals surface area contributed by atoms with Crippen LogP contribution in [0.1, 0.15) is 5.69 Å². The fourth-order valence-corrected chi connectivity index (χ4v) is 3.01. The van der Waals surface area contributed by atoms with Crippen molar-refractivity contribution in [2.45, 2.75) is 13.1 Å². The van der Waals surface area contributed by atoms with Crippen LogP contribution in [0.25, 0.3) is 22.2 Å². The summed E-state index contributed by atoms with van der Waals surface area (Å²) in [6, 6.07) is 15.2. The molecule has 0 fully saturated rings. The zero-order valence-corrected chi connectivity index (χ0v) is 13.0. The lowest BCUT2D eigenvalue weighted by Gasteiger charge is -2.17. The highest BCUT2D eigenvalue weighted by molar-refractivity contribution is 5.86. The van der Waals surface area contributed by atoms with Crippen molar-refractivity contribution in [2.24, 2.45) is 0 Å². The summed E-state index contributed by atoms with van der Waals surface area (Å²) in [6.07, 6.45) is 1.82. The first kappa shape index (κ1) is 14.6. The van der Waals surface area contributed by atoms with Gasteiger partial charge in [0, 0.05) is 11.1 Å². The summed E-state index contributed by atoms with van der Waals surface area (Å²) in [5.74, 6) is 0. The van der Waals surface area contributed by atoms with Gasteiger partial charge in [-0.05, 0) is 29.7 Å². The molecule has 0 unspecified atom stereocenters. The first-order chi connectivity index (χ1) is 11.8. The van der Waals surface area contributed by atoms with Gasteiger partial charge in [-0.2, -0.15) is 0 Å². The third-order valence-corrected chi connectivity index (χ3v) is 4.10.